The molecule has 0 amide bonds. The molecule has 0 bridgehead atoms. The van der Waals surface area contributed by atoms with Crippen LogP contribution in [0.1, 0.15) is 12.5 Å². The minimum Gasteiger partial charge on any atom is -0.389 e. The van der Waals surface area contributed by atoms with Crippen LogP contribution in [0, 0.1) is 0 Å². The highest BCUT2D eigenvalue weighted by Gasteiger charge is 2.34. The van der Waals surface area contributed by atoms with Gasteiger partial charge in [0.05, 0.1) is 5.02 Å². The van der Waals surface area contributed by atoms with Crippen LogP contribution in [-0.4, -0.2) is 55.3 Å². The minimum absolute atomic E-state index is 0.0610. The van der Waals surface area contributed by atoms with Crippen molar-refractivity contribution in [3.8, 4) is 0 Å². The van der Waals surface area contributed by atoms with Gasteiger partial charge >= 0.3 is 0 Å². The lowest BCUT2D eigenvalue weighted by Gasteiger charge is -2.37. The zero-order chi connectivity index (χ0) is 15.8. The van der Waals surface area contributed by atoms with Crippen LogP contribution in [-0.2, 0) is 10.0 Å². The maximum absolute atomic E-state index is 12.8. The van der Waals surface area contributed by atoms with Gasteiger partial charge in [-0.25, -0.2) is 8.42 Å². The molecule has 1 saturated heterocycles. The van der Waals surface area contributed by atoms with Crippen LogP contribution >= 0.6 is 23.8 Å². The summed E-state index contributed by atoms with van der Waals surface area (Å²) in [7, 11) is -1.69. The quantitative estimate of drug-likeness (QED) is 0.835. The number of hydrogen-bond acceptors (Lipinski definition) is 4. The van der Waals surface area contributed by atoms with E-state index in [-0.39, 0.29) is 20.9 Å². The molecule has 0 radical (unpaired) electrons. The maximum Gasteiger partial charge on any atom is 0.244 e. The average molecular weight is 348 g/mol. The molecule has 1 aliphatic heterocycles. The summed E-state index contributed by atoms with van der Waals surface area (Å²) >= 11 is 11.0. The van der Waals surface area contributed by atoms with Gasteiger partial charge in [0.25, 0.3) is 0 Å². The molecule has 8 heteroatoms. The highest BCUT2D eigenvalue weighted by molar-refractivity contribution is 7.89. The summed E-state index contributed by atoms with van der Waals surface area (Å²) in [5, 5.41) is 0.182. The second-order valence-electron chi connectivity index (χ2n) is 5.24. The van der Waals surface area contributed by atoms with Gasteiger partial charge in [-0.15, -0.1) is 0 Å². The Balaban J connectivity index is 2.44. The van der Waals surface area contributed by atoms with E-state index in [1.165, 1.54) is 16.4 Å². The third-order valence-electron chi connectivity index (χ3n) is 3.57. The van der Waals surface area contributed by atoms with E-state index in [9.17, 15) is 8.42 Å². The van der Waals surface area contributed by atoms with Crippen molar-refractivity contribution in [3.63, 3.8) is 0 Å². The molecule has 0 aromatic heterocycles. The first kappa shape index (κ1) is 16.6. The summed E-state index contributed by atoms with van der Waals surface area (Å²) in [6, 6.07) is 4.48. The summed E-state index contributed by atoms with van der Waals surface area (Å²) in [6.07, 6.45) is 0. The van der Waals surface area contributed by atoms with Gasteiger partial charge in [-0.2, -0.15) is 4.31 Å². The molecular weight excluding hydrogens is 330 g/mol. The SMILES string of the molecule is CC1CN(C)CCN1S(=O)(=O)c1cc(C(N)=S)ccc1Cl. The van der Waals surface area contributed by atoms with E-state index >= 15 is 0 Å². The van der Waals surface area contributed by atoms with Gasteiger partial charge in [-0.05, 0) is 26.1 Å². The van der Waals surface area contributed by atoms with Crippen molar-refractivity contribution in [2.75, 3.05) is 26.7 Å². The van der Waals surface area contributed by atoms with E-state index in [1.807, 2.05) is 14.0 Å². The van der Waals surface area contributed by atoms with Crippen molar-refractivity contribution < 1.29 is 8.42 Å². The van der Waals surface area contributed by atoms with E-state index in [2.05, 4.69) is 4.90 Å². The fraction of sp³-hybridized carbons (Fsp3) is 0.462. The van der Waals surface area contributed by atoms with Crippen molar-refractivity contribution in [3.05, 3.63) is 28.8 Å². The molecule has 0 aliphatic carbocycles. The molecule has 2 N–H and O–H groups in total. The Labute approximate surface area is 135 Å². The van der Waals surface area contributed by atoms with Crippen LogP contribution in [0.3, 0.4) is 0 Å². The molecule has 1 aromatic carbocycles. The third-order valence-corrected chi connectivity index (χ3v) is 6.30. The average Bonchev–Trinajstić information content (AvgIpc) is 2.38. The lowest BCUT2D eigenvalue weighted by atomic mass is 10.2. The lowest BCUT2D eigenvalue weighted by molar-refractivity contribution is 0.170. The van der Waals surface area contributed by atoms with E-state index in [1.54, 1.807) is 6.07 Å². The summed E-state index contributed by atoms with van der Waals surface area (Å²) in [4.78, 5) is 2.31. The Morgan fingerprint density at radius 3 is 2.67 bits per heavy atom. The van der Waals surface area contributed by atoms with Crippen LogP contribution < -0.4 is 5.73 Å². The van der Waals surface area contributed by atoms with Crippen LogP contribution in [0.2, 0.25) is 5.02 Å². The highest BCUT2D eigenvalue weighted by Crippen LogP contribution is 2.28. The van der Waals surface area contributed by atoms with Gasteiger partial charge in [-0.3, -0.25) is 0 Å². The molecule has 1 fully saturated rings. The summed E-state index contributed by atoms with van der Waals surface area (Å²) < 4.78 is 27.2. The number of piperazine rings is 1. The molecule has 2 rings (SSSR count). The number of benzene rings is 1. The maximum atomic E-state index is 12.8. The van der Waals surface area contributed by atoms with E-state index in [0.717, 1.165) is 0 Å². The predicted octanol–water partition coefficient (Wildman–Crippen LogP) is 1.30. The first-order valence-corrected chi connectivity index (χ1v) is 8.76. The Kier molecular flexibility index (Phi) is 4.89. The third kappa shape index (κ3) is 3.37. The van der Waals surface area contributed by atoms with Crippen molar-refractivity contribution in [2.24, 2.45) is 5.73 Å². The van der Waals surface area contributed by atoms with Gasteiger partial charge < -0.3 is 10.6 Å². The van der Waals surface area contributed by atoms with Gasteiger partial charge in [0.1, 0.15) is 9.88 Å². The topological polar surface area (TPSA) is 66.6 Å². The molecule has 1 atom stereocenters. The molecule has 1 heterocycles. The fourth-order valence-corrected chi connectivity index (χ4v) is 4.70. The standard InChI is InChI=1S/C13H18ClN3O2S2/c1-9-8-16(2)5-6-17(9)21(18,19)12-7-10(13(15)20)3-4-11(12)14/h3-4,7,9H,5-6,8H2,1-2H3,(H2,15,20). The number of rotatable bonds is 3. The Bertz CT molecular complexity index is 663. The second kappa shape index (κ2) is 6.18. The van der Waals surface area contributed by atoms with Crippen molar-refractivity contribution in [1.82, 2.24) is 9.21 Å². The number of likely N-dealkylation sites (N-methyl/N-ethyl adjacent to an activating group) is 1. The molecule has 5 nitrogen and oxygen atoms in total. The first-order valence-electron chi connectivity index (χ1n) is 6.53. The fourth-order valence-electron chi connectivity index (χ4n) is 2.46. The number of hydrogen-bond donors (Lipinski definition) is 1. The lowest BCUT2D eigenvalue weighted by Crippen LogP contribution is -2.52. The largest absolute Gasteiger partial charge is 0.389 e. The minimum atomic E-state index is -3.66. The molecular formula is C13H18ClN3O2S2. The first-order chi connectivity index (χ1) is 9.73. The number of nitrogens with two attached hydrogens (primary N) is 1. The van der Waals surface area contributed by atoms with E-state index < -0.39 is 10.0 Å². The number of nitrogens with zero attached hydrogens (tertiary/aromatic N) is 2. The van der Waals surface area contributed by atoms with Crippen molar-refractivity contribution in [2.45, 2.75) is 17.9 Å². The van der Waals surface area contributed by atoms with Crippen molar-refractivity contribution in [1.29, 1.82) is 0 Å². The van der Waals surface area contributed by atoms with Gasteiger partial charge in [0.2, 0.25) is 10.0 Å². The zero-order valence-corrected chi connectivity index (χ0v) is 14.3. The number of thiocarbonyl (C=S) groups is 1. The monoisotopic (exact) mass is 347 g/mol. The molecule has 1 unspecified atom stereocenters. The molecule has 0 spiro atoms. The number of halogens is 1. The molecule has 1 aliphatic rings. The van der Waals surface area contributed by atoms with Crippen LogP contribution in [0.15, 0.2) is 23.1 Å². The summed E-state index contributed by atoms with van der Waals surface area (Å²) in [5.74, 6) is 0. The van der Waals surface area contributed by atoms with Crippen LogP contribution in [0.4, 0.5) is 0 Å². The second-order valence-corrected chi connectivity index (χ2v) is 7.94. The Morgan fingerprint density at radius 2 is 2.10 bits per heavy atom. The summed E-state index contributed by atoms with van der Waals surface area (Å²) in [5.41, 5.74) is 6.07. The molecule has 1 aromatic rings. The van der Waals surface area contributed by atoms with E-state index in [0.29, 0.717) is 25.2 Å². The highest BCUT2D eigenvalue weighted by atomic mass is 35.5. The molecule has 116 valence electrons. The van der Waals surface area contributed by atoms with Crippen LogP contribution in [0.25, 0.3) is 0 Å². The molecule has 21 heavy (non-hydrogen) atoms. The summed E-state index contributed by atoms with van der Waals surface area (Å²) in [6.45, 7) is 3.70. The Hall–Kier alpha value is -0.730. The van der Waals surface area contributed by atoms with Gasteiger partial charge in [-0.1, -0.05) is 29.9 Å². The molecule has 0 saturated carbocycles. The smallest absolute Gasteiger partial charge is 0.244 e. The van der Waals surface area contributed by atoms with Gasteiger partial charge in [0, 0.05) is 31.2 Å². The normalized spacial score (nSPS) is 21.4. The Morgan fingerprint density at radius 1 is 1.43 bits per heavy atom. The van der Waals surface area contributed by atoms with Gasteiger partial charge in [0.15, 0.2) is 0 Å². The predicted molar refractivity (Wildman–Crippen MR) is 88.2 cm³/mol. The zero-order valence-electron chi connectivity index (χ0n) is 11.9. The van der Waals surface area contributed by atoms with Crippen molar-refractivity contribution >= 4 is 38.8 Å². The number of sulfonamides is 1. The van der Waals surface area contributed by atoms with Crippen LogP contribution in [0.5, 0.6) is 0 Å². The van der Waals surface area contributed by atoms with E-state index in [4.69, 9.17) is 29.6 Å².